The molecule has 0 saturated carbocycles. The normalized spacial score (nSPS) is 10.8. The molecule has 0 aliphatic carbocycles. The molecule has 0 radical (unpaired) electrons. The van der Waals surface area contributed by atoms with Gasteiger partial charge in [0.15, 0.2) is 6.29 Å². The Morgan fingerprint density at radius 2 is 1.70 bits per heavy atom. The quantitative estimate of drug-likeness (QED) is 0.635. The standard InChI is InChI=1S/C18H17NO/c20-14-16-13-19(18-11-5-4-10-17(16)18)12-6-9-15-7-2-1-3-8-15/h1-5,7-8,10-11,13-14H,6,9,12H2. The molecule has 0 N–H and O–H groups in total. The summed E-state index contributed by atoms with van der Waals surface area (Å²) in [5, 5.41) is 1.04. The lowest BCUT2D eigenvalue weighted by Crippen LogP contribution is -1.98. The molecule has 100 valence electrons. The Hall–Kier alpha value is -2.35. The van der Waals surface area contributed by atoms with E-state index in [1.807, 2.05) is 30.5 Å². The van der Waals surface area contributed by atoms with Crippen molar-refractivity contribution in [3.63, 3.8) is 0 Å². The van der Waals surface area contributed by atoms with Gasteiger partial charge in [-0.3, -0.25) is 4.79 Å². The average molecular weight is 263 g/mol. The molecule has 0 bridgehead atoms. The van der Waals surface area contributed by atoms with Crippen molar-refractivity contribution in [2.75, 3.05) is 0 Å². The summed E-state index contributed by atoms with van der Waals surface area (Å²) in [4.78, 5) is 11.1. The third kappa shape index (κ3) is 2.50. The number of benzene rings is 2. The number of hydrogen-bond donors (Lipinski definition) is 0. The maximum atomic E-state index is 11.1. The van der Waals surface area contributed by atoms with E-state index in [0.717, 1.165) is 42.1 Å². The lowest BCUT2D eigenvalue weighted by atomic mass is 10.1. The molecule has 0 aliphatic rings. The summed E-state index contributed by atoms with van der Waals surface area (Å²) in [5.74, 6) is 0. The number of aryl methyl sites for hydroxylation is 2. The maximum absolute atomic E-state index is 11.1. The second kappa shape index (κ2) is 5.74. The summed E-state index contributed by atoms with van der Waals surface area (Å²) in [5.41, 5.74) is 3.28. The molecule has 3 aromatic rings. The van der Waals surface area contributed by atoms with Crippen molar-refractivity contribution < 1.29 is 4.79 Å². The fraction of sp³-hybridized carbons (Fsp3) is 0.167. The first kappa shape index (κ1) is 12.7. The third-order valence-corrected chi connectivity index (χ3v) is 3.65. The Bertz CT molecular complexity index is 713. The number of nitrogens with zero attached hydrogens (tertiary/aromatic N) is 1. The van der Waals surface area contributed by atoms with Crippen LogP contribution in [0.2, 0.25) is 0 Å². The fourth-order valence-electron chi connectivity index (χ4n) is 2.65. The Morgan fingerprint density at radius 3 is 2.50 bits per heavy atom. The lowest BCUT2D eigenvalue weighted by Gasteiger charge is -2.05. The number of aldehydes is 1. The van der Waals surface area contributed by atoms with Gasteiger partial charge in [0.25, 0.3) is 0 Å². The van der Waals surface area contributed by atoms with E-state index in [1.165, 1.54) is 5.56 Å². The van der Waals surface area contributed by atoms with E-state index in [0.29, 0.717) is 0 Å². The van der Waals surface area contributed by atoms with Gasteiger partial charge in [-0.25, -0.2) is 0 Å². The highest BCUT2D eigenvalue weighted by atomic mass is 16.1. The van der Waals surface area contributed by atoms with E-state index in [9.17, 15) is 4.79 Å². The zero-order valence-electron chi connectivity index (χ0n) is 11.3. The van der Waals surface area contributed by atoms with E-state index in [1.54, 1.807) is 0 Å². The zero-order valence-corrected chi connectivity index (χ0v) is 11.3. The van der Waals surface area contributed by atoms with Crippen molar-refractivity contribution in [2.45, 2.75) is 19.4 Å². The number of fused-ring (bicyclic) bond motifs is 1. The Kier molecular flexibility index (Phi) is 3.64. The molecule has 1 heterocycles. The van der Waals surface area contributed by atoms with Gasteiger partial charge in [0.1, 0.15) is 0 Å². The molecule has 0 spiro atoms. The van der Waals surface area contributed by atoms with Crippen LogP contribution in [0.3, 0.4) is 0 Å². The Balaban J connectivity index is 1.76. The minimum atomic E-state index is 0.778. The smallest absolute Gasteiger partial charge is 0.152 e. The largest absolute Gasteiger partial charge is 0.347 e. The number of para-hydroxylation sites is 1. The van der Waals surface area contributed by atoms with E-state index in [-0.39, 0.29) is 0 Å². The number of aromatic nitrogens is 1. The number of carbonyl (C=O) groups is 1. The van der Waals surface area contributed by atoms with Gasteiger partial charge in [-0.05, 0) is 24.5 Å². The molecule has 0 amide bonds. The minimum Gasteiger partial charge on any atom is -0.347 e. The first-order valence-corrected chi connectivity index (χ1v) is 6.95. The first-order valence-electron chi connectivity index (χ1n) is 6.95. The molecule has 2 heteroatoms. The number of rotatable bonds is 5. The molecule has 3 rings (SSSR count). The van der Waals surface area contributed by atoms with Crippen molar-refractivity contribution in [2.24, 2.45) is 0 Å². The van der Waals surface area contributed by atoms with Gasteiger partial charge in [-0.1, -0.05) is 48.5 Å². The molecule has 0 aliphatic heterocycles. The van der Waals surface area contributed by atoms with Crippen LogP contribution in [0.25, 0.3) is 10.9 Å². The Labute approximate surface area is 118 Å². The van der Waals surface area contributed by atoms with Crippen LogP contribution in [0.1, 0.15) is 22.3 Å². The van der Waals surface area contributed by atoms with Gasteiger partial charge >= 0.3 is 0 Å². The summed E-state index contributed by atoms with van der Waals surface area (Å²) >= 11 is 0. The van der Waals surface area contributed by atoms with Gasteiger partial charge in [0.05, 0.1) is 0 Å². The van der Waals surface area contributed by atoms with Crippen molar-refractivity contribution in [1.29, 1.82) is 0 Å². The van der Waals surface area contributed by atoms with Crippen LogP contribution in [0.15, 0.2) is 60.8 Å². The monoisotopic (exact) mass is 263 g/mol. The van der Waals surface area contributed by atoms with Gasteiger partial charge in [0, 0.05) is 29.2 Å². The molecular formula is C18H17NO. The second-order valence-corrected chi connectivity index (χ2v) is 5.00. The number of carbonyl (C=O) groups excluding carboxylic acids is 1. The summed E-state index contributed by atoms with van der Waals surface area (Å²) in [6, 6.07) is 18.6. The van der Waals surface area contributed by atoms with Crippen LogP contribution < -0.4 is 0 Å². The van der Waals surface area contributed by atoms with Crippen molar-refractivity contribution in [1.82, 2.24) is 4.57 Å². The predicted molar refractivity (Wildman–Crippen MR) is 82.1 cm³/mol. The molecule has 0 fully saturated rings. The van der Waals surface area contributed by atoms with E-state index < -0.39 is 0 Å². The van der Waals surface area contributed by atoms with Gasteiger partial charge in [-0.15, -0.1) is 0 Å². The summed E-state index contributed by atoms with van der Waals surface area (Å²) < 4.78 is 2.18. The molecule has 1 aromatic heterocycles. The van der Waals surface area contributed by atoms with Gasteiger partial charge in [0.2, 0.25) is 0 Å². The SMILES string of the molecule is O=Cc1cn(CCCc2ccccc2)c2ccccc12. The van der Waals surface area contributed by atoms with E-state index in [2.05, 4.69) is 34.9 Å². The van der Waals surface area contributed by atoms with Crippen LogP contribution in [-0.2, 0) is 13.0 Å². The van der Waals surface area contributed by atoms with E-state index in [4.69, 9.17) is 0 Å². The fourth-order valence-corrected chi connectivity index (χ4v) is 2.65. The summed E-state index contributed by atoms with van der Waals surface area (Å²) in [6.45, 7) is 0.934. The molecule has 0 saturated heterocycles. The minimum absolute atomic E-state index is 0.778. The zero-order chi connectivity index (χ0) is 13.8. The second-order valence-electron chi connectivity index (χ2n) is 5.00. The van der Waals surface area contributed by atoms with Crippen molar-refractivity contribution >= 4 is 17.2 Å². The maximum Gasteiger partial charge on any atom is 0.152 e. The third-order valence-electron chi connectivity index (χ3n) is 3.65. The van der Waals surface area contributed by atoms with Gasteiger partial charge in [-0.2, -0.15) is 0 Å². The lowest BCUT2D eigenvalue weighted by molar-refractivity contribution is 0.112. The highest BCUT2D eigenvalue weighted by molar-refractivity contribution is 5.97. The topological polar surface area (TPSA) is 22.0 Å². The van der Waals surface area contributed by atoms with Crippen LogP contribution >= 0.6 is 0 Å². The highest BCUT2D eigenvalue weighted by Gasteiger charge is 2.06. The molecule has 2 aromatic carbocycles. The summed E-state index contributed by atoms with van der Waals surface area (Å²) in [6.07, 6.45) is 5.03. The van der Waals surface area contributed by atoms with Crippen molar-refractivity contribution in [3.05, 3.63) is 71.9 Å². The van der Waals surface area contributed by atoms with Crippen LogP contribution in [-0.4, -0.2) is 10.9 Å². The molecular weight excluding hydrogens is 246 g/mol. The number of hydrogen-bond acceptors (Lipinski definition) is 1. The first-order chi connectivity index (χ1) is 9.88. The van der Waals surface area contributed by atoms with E-state index >= 15 is 0 Å². The molecule has 20 heavy (non-hydrogen) atoms. The van der Waals surface area contributed by atoms with Crippen molar-refractivity contribution in [3.8, 4) is 0 Å². The van der Waals surface area contributed by atoms with Crippen LogP contribution in [0.5, 0.6) is 0 Å². The Morgan fingerprint density at radius 1 is 0.950 bits per heavy atom. The molecule has 2 nitrogen and oxygen atoms in total. The highest BCUT2D eigenvalue weighted by Crippen LogP contribution is 2.20. The average Bonchev–Trinajstić information content (AvgIpc) is 2.87. The van der Waals surface area contributed by atoms with Crippen LogP contribution in [0.4, 0.5) is 0 Å². The molecule has 0 atom stereocenters. The summed E-state index contributed by atoms with van der Waals surface area (Å²) in [7, 11) is 0. The van der Waals surface area contributed by atoms with Gasteiger partial charge < -0.3 is 4.57 Å². The molecule has 0 unspecified atom stereocenters. The predicted octanol–water partition coefficient (Wildman–Crippen LogP) is 4.09. The van der Waals surface area contributed by atoms with Crippen LogP contribution in [0, 0.1) is 0 Å².